The maximum absolute atomic E-state index is 12.1. The van der Waals surface area contributed by atoms with E-state index in [0.29, 0.717) is 11.7 Å². The third kappa shape index (κ3) is 3.55. The van der Waals surface area contributed by atoms with Gasteiger partial charge < -0.3 is 9.15 Å². The second-order valence-corrected chi connectivity index (χ2v) is 5.47. The summed E-state index contributed by atoms with van der Waals surface area (Å²) in [6.45, 7) is -0.104. The van der Waals surface area contributed by atoms with Crippen molar-refractivity contribution in [1.29, 1.82) is 0 Å². The number of oxazole rings is 1. The first-order valence-electron chi connectivity index (χ1n) is 6.76. The molecule has 0 bridgehead atoms. The molecule has 0 aliphatic rings. The van der Waals surface area contributed by atoms with Crippen LogP contribution < -0.4 is 0 Å². The average molecular weight is 348 g/mol. The molecule has 0 atom stereocenters. The molecule has 116 valence electrons. The molecule has 1 aromatic heterocycles. The van der Waals surface area contributed by atoms with Crippen LogP contribution in [0, 0.1) is 0 Å². The van der Waals surface area contributed by atoms with Crippen molar-refractivity contribution in [1.82, 2.24) is 4.98 Å². The molecule has 0 amide bonds. The molecule has 0 fully saturated rings. The summed E-state index contributed by atoms with van der Waals surface area (Å²) >= 11 is 11.9. The van der Waals surface area contributed by atoms with E-state index >= 15 is 0 Å². The smallest absolute Gasteiger partial charge is 0.341 e. The Balaban J connectivity index is 1.70. The number of hydrogen-bond donors (Lipinski definition) is 0. The molecule has 0 unspecified atom stereocenters. The van der Waals surface area contributed by atoms with Crippen LogP contribution in [0.5, 0.6) is 0 Å². The maximum Gasteiger partial charge on any atom is 0.341 e. The van der Waals surface area contributed by atoms with Crippen LogP contribution in [0.15, 0.2) is 59.1 Å². The molecule has 0 saturated heterocycles. The quantitative estimate of drug-likeness (QED) is 0.622. The van der Waals surface area contributed by atoms with E-state index in [9.17, 15) is 4.79 Å². The van der Waals surface area contributed by atoms with Crippen LogP contribution in [0.3, 0.4) is 0 Å². The highest BCUT2D eigenvalue weighted by Gasteiger charge is 2.17. The summed E-state index contributed by atoms with van der Waals surface area (Å²) in [4.78, 5) is 16.2. The second kappa shape index (κ2) is 6.86. The summed E-state index contributed by atoms with van der Waals surface area (Å²) in [6.07, 6.45) is 1.58. The number of carbonyl (C=O) groups is 1. The molecule has 3 rings (SSSR count). The van der Waals surface area contributed by atoms with Gasteiger partial charge in [0.05, 0.1) is 21.8 Å². The number of esters is 1. The third-order valence-corrected chi connectivity index (χ3v) is 3.74. The molecule has 4 nitrogen and oxygen atoms in total. The Morgan fingerprint density at radius 1 is 1.04 bits per heavy atom. The van der Waals surface area contributed by atoms with Crippen molar-refractivity contribution in [3.05, 3.63) is 76.2 Å². The average Bonchev–Trinajstić information content (AvgIpc) is 3.02. The minimum absolute atomic E-state index is 0.104. The predicted octanol–water partition coefficient (Wildman–Crippen LogP) is 5.01. The molecule has 0 N–H and O–H groups in total. The molecule has 6 heteroatoms. The van der Waals surface area contributed by atoms with E-state index in [-0.39, 0.29) is 22.2 Å². The van der Waals surface area contributed by atoms with Crippen LogP contribution in [-0.2, 0) is 11.3 Å². The van der Waals surface area contributed by atoms with Gasteiger partial charge in [-0.05, 0) is 12.1 Å². The Morgan fingerprint density at radius 3 is 2.43 bits per heavy atom. The molecule has 3 aromatic rings. The van der Waals surface area contributed by atoms with E-state index in [1.807, 2.05) is 30.3 Å². The fourth-order valence-corrected chi connectivity index (χ4v) is 2.56. The van der Waals surface area contributed by atoms with E-state index in [1.54, 1.807) is 24.4 Å². The minimum atomic E-state index is -0.625. The van der Waals surface area contributed by atoms with Gasteiger partial charge in [0.1, 0.15) is 0 Å². The number of hydrogen-bond acceptors (Lipinski definition) is 4. The lowest BCUT2D eigenvalue weighted by Gasteiger charge is -2.06. The molecule has 1 heterocycles. The zero-order chi connectivity index (χ0) is 16.2. The molecule has 0 saturated carbocycles. The number of aromatic nitrogens is 1. The van der Waals surface area contributed by atoms with Crippen LogP contribution in [-0.4, -0.2) is 11.0 Å². The van der Waals surface area contributed by atoms with Gasteiger partial charge in [0.15, 0.2) is 12.4 Å². The number of nitrogens with zero attached hydrogens (tertiary/aromatic N) is 1. The van der Waals surface area contributed by atoms with Gasteiger partial charge in [-0.1, -0.05) is 59.6 Å². The van der Waals surface area contributed by atoms with Gasteiger partial charge >= 0.3 is 5.97 Å². The number of carbonyl (C=O) groups excluding carboxylic acids is 1. The monoisotopic (exact) mass is 347 g/mol. The van der Waals surface area contributed by atoms with Gasteiger partial charge in [-0.25, -0.2) is 9.78 Å². The van der Waals surface area contributed by atoms with Gasteiger partial charge in [0.25, 0.3) is 0 Å². The fourth-order valence-electron chi connectivity index (χ4n) is 2.01. The largest absolute Gasteiger partial charge is 0.452 e. The summed E-state index contributed by atoms with van der Waals surface area (Å²) in [5.74, 6) is 0.271. The number of benzene rings is 2. The summed E-state index contributed by atoms with van der Waals surface area (Å²) in [5, 5.41) is 0.472. The van der Waals surface area contributed by atoms with Crippen LogP contribution in [0.25, 0.3) is 11.3 Å². The van der Waals surface area contributed by atoms with Crippen molar-refractivity contribution < 1.29 is 13.9 Å². The molecule has 2 aromatic carbocycles. The first-order chi connectivity index (χ1) is 11.1. The zero-order valence-corrected chi connectivity index (χ0v) is 13.3. The van der Waals surface area contributed by atoms with E-state index in [1.165, 1.54) is 0 Å². The molecule has 0 spiro atoms. The molecule has 0 aliphatic heterocycles. The van der Waals surface area contributed by atoms with Crippen molar-refractivity contribution in [2.24, 2.45) is 0 Å². The molecule has 23 heavy (non-hydrogen) atoms. The first-order valence-corrected chi connectivity index (χ1v) is 7.52. The van der Waals surface area contributed by atoms with Crippen LogP contribution in [0.1, 0.15) is 16.2 Å². The third-order valence-electron chi connectivity index (χ3n) is 3.11. The standard InChI is InChI=1S/C17H11Cl2NO3/c18-12-7-4-8-13(19)16(12)17(21)22-10-15-20-9-14(23-15)11-5-2-1-3-6-11/h1-9H,10H2. The Hall–Kier alpha value is -2.30. The topological polar surface area (TPSA) is 52.3 Å². The van der Waals surface area contributed by atoms with Gasteiger partial charge in [-0.3, -0.25) is 0 Å². The van der Waals surface area contributed by atoms with Crippen molar-refractivity contribution in [2.45, 2.75) is 6.61 Å². The summed E-state index contributed by atoms with van der Waals surface area (Å²) in [6, 6.07) is 14.3. The summed E-state index contributed by atoms with van der Waals surface area (Å²) in [5.41, 5.74) is 1.03. The number of ether oxygens (including phenoxy) is 1. The van der Waals surface area contributed by atoms with E-state index in [2.05, 4.69) is 4.98 Å². The highest BCUT2D eigenvalue weighted by molar-refractivity contribution is 6.39. The molecule has 0 radical (unpaired) electrons. The summed E-state index contributed by atoms with van der Waals surface area (Å²) < 4.78 is 10.7. The van der Waals surface area contributed by atoms with Gasteiger partial charge in [-0.15, -0.1) is 0 Å². The van der Waals surface area contributed by atoms with Crippen molar-refractivity contribution in [3.63, 3.8) is 0 Å². The Kier molecular flexibility index (Phi) is 4.65. The van der Waals surface area contributed by atoms with Crippen molar-refractivity contribution in [2.75, 3.05) is 0 Å². The Morgan fingerprint density at radius 2 is 1.74 bits per heavy atom. The first kappa shape index (κ1) is 15.6. The minimum Gasteiger partial charge on any atom is -0.452 e. The van der Waals surface area contributed by atoms with Gasteiger partial charge in [-0.2, -0.15) is 0 Å². The van der Waals surface area contributed by atoms with Crippen LogP contribution in [0.2, 0.25) is 10.0 Å². The summed E-state index contributed by atoms with van der Waals surface area (Å²) in [7, 11) is 0. The Labute approximate surface area is 142 Å². The second-order valence-electron chi connectivity index (χ2n) is 4.66. The molecule has 0 aliphatic carbocycles. The van der Waals surface area contributed by atoms with E-state index in [4.69, 9.17) is 32.4 Å². The van der Waals surface area contributed by atoms with Crippen molar-refractivity contribution in [3.8, 4) is 11.3 Å². The lowest BCUT2D eigenvalue weighted by molar-refractivity contribution is 0.0439. The number of rotatable bonds is 4. The normalized spacial score (nSPS) is 10.5. The lowest BCUT2D eigenvalue weighted by Crippen LogP contribution is -2.06. The highest BCUT2D eigenvalue weighted by atomic mass is 35.5. The molecular formula is C17H11Cl2NO3. The van der Waals surface area contributed by atoms with Crippen LogP contribution >= 0.6 is 23.2 Å². The maximum atomic E-state index is 12.1. The highest BCUT2D eigenvalue weighted by Crippen LogP contribution is 2.25. The van der Waals surface area contributed by atoms with E-state index < -0.39 is 5.97 Å². The molecular weight excluding hydrogens is 337 g/mol. The van der Waals surface area contributed by atoms with Gasteiger partial charge in [0.2, 0.25) is 5.89 Å². The van der Waals surface area contributed by atoms with Gasteiger partial charge in [0, 0.05) is 5.56 Å². The van der Waals surface area contributed by atoms with Crippen LogP contribution in [0.4, 0.5) is 0 Å². The zero-order valence-electron chi connectivity index (χ0n) is 11.8. The number of halogens is 2. The van der Waals surface area contributed by atoms with Crippen molar-refractivity contribution >= 4 is 29.2 Å². The Bertz CT molecular complexity index is 811. The van der Waals surface area contributed by atoms with E-state index in [0.717, 1.165) is 5.56 Å². The predicted molar refractivity (Wildman–Crippen MR) is 87.5 cm³/mol. The fraction of sp³-hybridized carbons (Fsp3) is 0.0588. The lowest BCUT2D eigenvalue weighted by atomic mass is 10.2. The SMILES string of the molecule is O=C(OCc1ncc(-c2ccccc2)o1)c1c(Cl)cccc1Cl.